The monoisotopic (exact) mass is 309 g/mol. The highest BCUT2D eigenvalue weighted by molar-refractivity contribution is 9.10. The topological polar surface area (TPSA) is 28.2 Å². The minimum Gasteiger partial charge on any atom is -0.370 e. The van der Waals surface area contributed by atoms with E-state index in [0.717, 1.165) is 29.5 Å². The number of pyridine rings is 1. The Morgan fingerprint density at radius 2 is 2.06 bits per heavy atom. The summed E-state index contributed by atoms with van der Waals surface area (Å²) in [6.45, 7) is 3.53. The van der Waals surface area contributed by atoms with Gasteiger partial charge in [-0.25, -0.2) is 0 Å². The second-order valence-electron chi connectivity index (χ2n) is 5.44. The Morgan fingerprint density at radius 1 is 1.28 bits per heavy atom. The van der Waals surface area contributed by atoms with Gasteiger partial charge in [0.05, 0.1) is 10.2 Å². The SMILES string of the molecule is Brc1cnccc1N1CCC(NCC2CC2)CC1. The predicted octanol–water partition coefficient (Wildman–Crippen LogP) is 2.81. The van der Waals surface area contributed by atoms with Crippen LogP contribution in [0.2, 0.25) is 0 Å². The molecule has 98 valence electrons. The second kappa shape index (κ2) is 5.57. The second-order valence-corrected chi connectivity index (χ2v) is 6.29. The van der Waals surface area contributed by atoms with E-state index in [9.17, 15) is 0 Å². The Hall–Kier alpha value is -0.610. The molecule has 1 aromatic heterocycles. The Kier molecular flexibility index (Phi) is 3.85. The number of hydrogen-bond donors (Lipinski definition) is 1. The minimum atomic E-state index is 0.725. The maximum atomic E-state index is 4.12. The first kappa shape index (κ1) is 12.4. The van der Waals surface area contributed by atoms with E-state index >= 15 is 0 Å². The summed E-state index contributed by atoms with van der Waals surface area (Å²) in [5.74, 6) is 0.984. The molecule has 4 heteroatoms. The Bertz CT molecular complexity index is 398. The molecule has 0 bridgehead atoms. The zero-order valence-electron chi connectivity index (χ0n) is 10.6. The van der Waals surface area contributed by atoms with Crippen molar-refractivity contribution in [3.8, 4) is 0 Å². The fourth-order valence-electron chi connectivity index (χ4n) is 2.60. The lowest BCUT2D eigenvalue weighted by molar-refractivity contribution is 0.408. The number of rotatable bonds is 4. The lowest BCUT2D eigenvalue weighted by Gasteiger charge is -2.34. The third kappa shape index (κ3) is 3.04. The fraction of sp³-hybridized carbons (Fsp3) is 0.643. The highest BCUT2D eigenvalue weighted by Gasteiger charge is 2.24. The Labute approximate surface area is 117 Å². The lowest BCUT2D eigenvalue weighted by atomic mass is 10.0. The van der Waals surface area contributed by atoms with E-state index < -0.39 is 0 Å². The van der Waals surface area contributed by atoms with E-state index in [4.69, 9.17) is 0 Å². The van der Waals surface area contributed by atoms with E-state index in [-0.39, 0.29) is 0 Å². The third-order valence-corrected chi connectivity index (χ3v) is 4.59. The molecule has 1 aliphatic heterocycles. The molecule has 0 radical (unpaired) electrons. The first-order valence-corrected chi connectivity index (χ1v) is 7.70. The first-order valence-electron chi connectivity index (χ1n) is 6.91. The molecule has 3 nitrogen and oxygen atoms in total. The first-order chi connectivity index (χ1) is 8.83. The Balaban J connectivity index is 1.51. The van der Waals surface area contributed by atoms with Crippen LogP contribution in [-0.2, 0) is 0 Å². The van der Waals surface area contributed by atoms with Crippen LogP contribution in [0.4, 0.5) is 5.69 Å². The molecule has 1 saturated carbocycles. The van der Waals surface area contributed by atoms with Crippen molar-refractivity contribution >= 4 is 21.6 Å². The van der Waals surface area contributed by atoms with Crippen LogP contribution >= 0.6 is 15.9 Å². The molecule has 0 atom stereocenters. The highest BCUT2D eigenvalue weighted by Crippen LogP contribution is 2.29. The molecule has 2 aliphatic rings. The molecule has 3 rings (SSSR count). The smallest absolute Gasteiger partial charge is 0.0592 e. The molecule has 1 aliphatic carbocycles. The summed E-state index contributed by atoms with van der Waals surface area (Å²) in [6.07, 6.45) is 9.14. The van der Waals surface area contributed by atoms with Crippen LogP contribution in [0.1, 0.15) is 25.7 Å². The number of aromatic nitrogens is 1. The summed E-state index contributed by atoms with van der Waals surface area (Å²) < 4.78 is 1.11. The summed E-state index contributed by atoms with van der Waals surface area (Å²) >= 11 is 3.59. The van der Waals surface area contributed by atoms with Gasteiger partial charge < -0.3 is 10.2 Å². The van der Waals surface area contributed by atoms with Crippen molar-refractivity contribution in [3.05, 3.63) is 22.9 Å². The molecule has 18 heavy (non-hydrogen) atoms. The van der Waals surface area contributed by atoms with E-state index in [1.807, 2.05) is 12.4 Å². The van der Waals surface area contributed by atoms with Crippen molar-refractivity contribution in [1.29, 1.82) is 0 Å². The van der Waals surface area contributed by atoms with Crippen molar-refractivity contribution < 1.29 is 0 Å². The molecule has 0 aromatic carbocycles. The van der Waals surface area contributed by atoms with Crippen molar-refractivity contribution in [1.82, 2.24) is 10.3 Å². The lowest BCUT2D eigenvalue weighted by Crippen LogP contribution is -2.43. The fourth-order valence-corrected chi connectivity index (χ4v) is 3.11. The van der Waals surface area contributed by atoms with Crippen LogP contribution in [0.3, 0.4) is 0 Å². The summed E-state index contributed by atoms with van der Waals surface area (Å²) in [7, 11) is 0. The number of anilines is 1. The maximum Gasteiger partial charge on any atom is 0.0592 e. The van der Waals surface area contributed by atoms with Crippen molar-refractivity contribution in [3.63, 3.8) is 0 Å². The van der Waals surface area contributed by atoms with Gasteiger partial charge in [-0.2, -0.15) is 0 Å². The van der Waals surface area contributed by atoms with Gasteiger partial charge in [-0.3, -0.25) is 4.98 Å². The average Bonchev–Trinajstić information content (AvgIpc) is 3.22. The summed E-state index contributed by atoms with van der Waals surface area (Å²) in [5, 5.41) is 3.72. The van der Waals surface area contributed by atoms with Gasteiger partial charge in [0.2, 0.25) is 0 Å². The van der Waals surface area contributed by atoms with Crippen LogP contribution in [0.5, 0.6) is 0 Å². The van der Waals surface area contributed by atoms with Crippen molar-refractivity contribution in [2.24, 2.45) is 5.92 Å². The molecule has 1 aromatic rings. The zero-order chi connectivity index (χ0) is 12.4. The quantitative estimate of drug-likeness (QED) is 0.927. The van der Waals surface area contributed by atoms with Gasteiger partial charge in [-0.1, -0.05) is 0 Å². The van der Waals surface area contributed by atoms with Gasteiger partial charge in [-0.05, 0) is 60.1 Å². The molecule has 0 unspecified atom stereocenters. The van der Waals surface area contributed by atoms with E-state index in [2.05, 4.69) is 37.2 Å². The van der Waals surface area contributed by atoms with Crippen LogP contribution in [0, 0.1) is 5.92 Å². The van der Waals surface area contributed by atoms with Gasteiger partial charge in [0, 0.05) is 31.5 Å². The minimum absolute atomic E-state index is 0.725. The molecular formula is C14H20BrN3. The van der Waals surface area contributed by atoms with Gasteiger partial charge >= 0.3 is 0 Å². The van der Waals surface area contributed by atoms with Gasteiger partial charge in [-0.15, -0.1) is 0 Å². The molecule has 2 heterocycles. The number of hydrogen-bond acceptors (Lipinski definition) is 3. The number of halogens is 1. The van der Waals surface area contributed by atoms with E-state index in [1.54, 1.807) is 0 Å². The molecule has 1 N–H and O–H groups in total. The number of nitrogens with zero attached hydrogens (tertiary/aromatic N) is 2. The normalized spacial score (nSPS) is 21.3. The maximum absolute atomic E-state index is 4.12. The van der Waals surface area contributed by atoms with Crippen LogP contribution < -0.4 is 10.2 Å². The van der Waals surface area contributed by atoms with Gasteiger partial charge in [0.25, 0.3) is 0 Å². The van der Waals surface area contributed by atoms with Gasteiger partial charge in [0.1, 0.15) is 0 Å². The number of nitrogens with one attached hydrogen (secondary N) is 1. The number of piperidine rings is 1. The molecule has 2 fully saturated rings. The molecule has 0 spiro atoms. The molecule has 1 saturated heterocycles. The summed E-state index contributed by atoms with van der Waals surface area (Å²) in [6, 6.07) is 2.82. The molecular weight excluding hydrogens is 290 g/mol. The van der Waals surface area contributed by atoms with E-state index in [1.165, 1.54) is 37.9 Å². The van der Waals surface area contributed by atoms with E-state index in [0.29, 0.717) is 0 Å². The average molecular weight is 310 g/mol. The van der Waals surface area contributed by atoms with Gasteiger partial charge in [0.15, 0.2) is 0 Å². The van der Waals surface area contributed by atoms with Crippen LogP contribution in [-0.4, -0.2) is 30.7 Å². The molecule has 0 amide bonds. The zero-order valence-corrected chi connectivity index (χ0v) is 12.2. The highest BCUT2D eigenvalue weighted by atomic mass is 79.9. The summed E-state index contributed by atoms with van der Waals surface area (Å²) in [4.78, 5) is 6.58. The largest absolute Gasteiger partial charge is 0.370 e. The van der Waals surface area contributed by atoms with Crippen LogP contribution in [0.25, 0.3) is 0 Å². The standard InChI is InChI=1S/C14H20BrN3/c15-13-10-16-6-3-14(13)18-7-4-12(5-8-18)17-9-11-1-2-11/h3,6,10-12,17H,1-2,4-5,7-9H2. The van der Waals surface area contributed by atoms with Crippen molar-refractivity contribution in [2.75, 3.05) is 24.5 Å². The third-order valence-electron chi connectivity index (χ3n) is 3.98. The Morgan fingerprint density at radius 3 is 2.72 bits per heavy atom. The van der Waals surface area contributed by atoms with Crippen molar-refractivity contribution in [2.45, 2.75) is 31.7 Å². The van der Waals surface area contributed by atoms with Crippen LogP contribution in [0.15, 0.2) is 22.9 Å². The predicted molar refractivity (Wildman–Crippen MR) is 77.9 cm³/mol. The summed E-state index contributed by atoms with van der Waals surface area (Å²) in [5.41, 5.74) is 1.28.